The van der Waals surface area contributed by atoms with Crippen LogP contribution in [0, 0.1) is 5.82 Å². The highest BCUT2D eigenvalue weighted by molar-refractivity contribution is 5.81. The summed E-state index contributed by atoms with van der Waals surface area (Å²) in [5.74, 6) is -0.0340. The summed E-state index contributed by atoms with van der Waals surface area (Å²) >= 11 is 0. The lowest BCUT2D eigenvalue weighted by molar-refractivity contribution is -0.119. The average molecular weight is 234 g/mol. The predicted molar refractivity (Wildman–Crippen MR) is 60.8 cm³/mol. The zero-order valence-electron chi connectivity index (χ0n) is 8.98. The third-order valence-corrected chi connectivity index (χ3v) is 3.00. The van der Waals surface area contributed by atoms with Gasteiger partial charge in [-0.25, -0.2) is 9.37 Å². The Morgan fingerprint density at radius 3 is 3.06 bits per heavy atom. The number of amides is 1. The molecule has 1 aliphatic heterocycles. The van der Waals surface area contributed by atoms with Crippen LogP contribution >= 0.6 is 0 Å². The molecule has 1 aromatic carbocycles. The van der Waals surface area contributed by atoms with Gasteiger partial charge in [0.05, 0.1) is 17.1 Å². The van der Waals surface area contributed by atoms with Gasteiger partial charge in [0.2, 0.25) is 11.9 Å². The van der Waals surface area contributed by atoms with Crippen molar-refractivity contribution in [3.8, 4) is 0 Å². The zero-order valence-corrected chi connectivity index (χ0v) is 8.98. The van der Waals surface area contributed by atoms with Crippen LogP contribution in [0.4, 0.5) is 10.3 Å². The maximum Gasteiger partial charge on any atom is 0.222 e. The van der Waals surface area contributed by atoms with Crippen LogP contribution in [0.2, 0.25) is 0 Å². The Labute approximate surface area is 96.4 Å². The molecule has 0 radical (unpaired) electrons. The molecule has 1 fully saturated rings. The molecule has 6 heteroatoms. The highest BCUT2D eigenvalue weighted by Gasteiger charge is 2.26. The number of nitrogens with zero attached hydrogens (tertiary/aromatic N) is 2. The first kappa shape index (κ1) is 10.1. The Morgan fingerprint density at radius 1 is 1.53 bits per heavy atom. The molecular formula is C11H11FN4O. The van der Waals surface area contributed by atoms with Crippen molar-refractivity contribution in [1.29, 1.82) is 0 Å². The standard InChI is InChI=1S/C11H11FN4O/c12-6-1-2-9-8(3-6)15-11(13)16(9)7-4-10(17)14-5-7/h1-3,7H,4-5H2,(H2,13,15)(H,14,17). The predicted octanol–water partition coefficient (Wildman–Crippen LogP) is 0.819. The average Bonchev–Trinajstić information content (AvgIpc) is 2.80. The van der Waals surface area contributed by atoms with Crippen molar-refractivity contribution in [2.45, 2.75) is 12.5 Å². The maximum atomic E-state index is 13.1. The molecule has 0 aliphatic carbocycles. The van der Waals surface area contributed by atoms with Gasteiger partial charge in [-0.15, -0.1) is 0 Å². The smallest absolute Gasteiger partial charge is 0.222 e. The molecular weight excluding hydrogens is 223 g/mol. The number of imidazole rings is 1. The third-order valence-electron chi connectivity index (χ3n) is 3.00. The van der Waals surface area contributed by atoms with E-state index in [4.69, 9.17) is 5.73 Å². The van der Waals surface area contributed by atoms with Gasteiger partial charge in [0.25, 0.3) is 0 Å². The third kappa shape index (κ3) is 1.52. The van der Waals surface area contributed by atoms with Crippen LogP contribution in [0.5, 0.6) is 0 Å². The van der Waals surface area contributed by atoms with Crippen molar-refractivity contribution < 1.29 is 9.18 Å². The lowest BCUT2D eigenvalue weighted by Crippen LogP contribution is -2.16. The van der Waals surface area contributed by atoms with Crippen molar-refractivity contribution >= 4 is 22.9 Å². The number of aromatic nitrogens is 2. The molecule has 2 heterocycles. The minimum atomic E-state index is -0.345. The molecule has 3 rings (SSSR count). The summed E-state index contributed by atoms with van der Waals surface area (Å²) in [6.07, 6.45) is 0.382. The highest BCUT2D eigenvalue weighted by Crippen LogP contribution is 2.26. The van der Waals surface area contributed by atoms with Gasteiger partial charge in [-0.3, -0.25) is 4.79 Å². The van der Waals surface area contributed by atoms with Gasteiger partial charge in [-0.2, -0.15) is 0 Å². The van der Waals surface area contributed by atoms with Gasteiger partial charge in [0, 0.05) is 19.0 Å². The van der Waals surface area contributed by atoms with Crippen LogP contribution in [-0.4, -0.2) is 22.0 Å². The molecule has 0 saturated carbocycles. The lowest BCUT2D eigenvalue weighted by atomic mass is 10.2. The number of halogens is 1. The number of hydrogen-bond donors (Lipinski definition) is 2. The van der Waals surface area contributed by atoms with Crippen LogP contribution < -0.4 is 11.1 Å². The number of benzene rings is 1. The first-order valence-electron chi connectivity index (χ1n) is 5.35. The second kappa shape index (κ2) is 3.44. The van der Waals surface area contributed by atoms with Crippen LogP contribution in [0.1, 0.15) is 12.5 Å². The van der Waals surface area contributed by atoms with Gasteiger partial charge in [-0.1, -0.05) is 0 Å². The Morgan fingerprint density at radius 2 is 2.35 bits per heavy atom. The number of fused-ring (bicyclic) bond motifs is 1. The van der Waals surface area contributed by atoms with E-state index in [0.29, 0.717) is 24.4 Å². The topological polar surface area (TPSA) is 72.9 Å². The number of rotatable bonds is 1. The van der Waals surface area contributed by atoms with E-state index in [9.17, 15) is 9.18 Å². The Hall–Kier alpha value is -2.11. The maximum absolute atomic E-state index is 13.1. The summed E-state index contributed by atoms with van der Waals surface area (Å²) in [4.78, 5) is 15.3. The largest absolute Gasteiger partial charge is 0.369 e. The highest BCUT2D eigenvalue weighted by atomic mass is 19.1. The van der Waals surface area contributed by atoms with Gasteiger partial charge in [0.15, 0.2) is 0 Å². The van der Waals surface area contributed by atoms with Crippen molar-refractivity contribution in [1.82, 2.24) is 14.9 Å². The summed E-state index contributed by atoms with van der Waals surface area (Å²) in [6.45, 7) is 0.534. The molecule has 17 heavy (non-hydrogen) atoms. The van der Waals surface area contributed by atoms with E-state index in [2.05, 4.69) is 10.3 Å². The minimum Gasteiger partial charge on any atom is -0.369 e. The first-order valence-corrected chi connectivity index (χ1v) is 5.35. The second-order valence-corrected chi connectivity index (χ2v) is 4.14. The van der Waals surface area contributed by atoms with E-state index in [1.165, 1.54) is 12.1 Å². The van der Waals surface area contributed by atoms with Crippen LogP contribution in [0.3, 0.4) is 0 Å². The molecule has 1 unspecified atom stereocenters. The molecule has 1 atom stereocenters. The molecule has 0 bridgehead atoms. The second-order valence-electron chi connectivity index (χ2n) is 4.14. The fourth-order valence-corrected chi connectivity index (χ4v) is 2.25. The van der Waals surface area contributed by atoms with Crippen molar-refractivity contribution in [3.63, 3.8) is 0 Å². The molecule has 0 spiro atoms. The number of nitrogens with two attached hydrogens (primary N) is 1. The molecule has 1 aromatic heterocycles. The van der Waals surface area contributed by atoms with Gasteiger partial charge >= 0.3 is 0 Å². The number of carbonyl (C=O) groups excluding carboxylic acids is 1. The van der Waals surface area contributed by atoms with Crippen LogP contribution in [-0.2, 0) is 4.79 Å². The van der Waals surface area contributed by atoms with Crippen LogP contribution in [0.25, 0.3) is 11.0 Å². The molecule has 88 valence electrons. The zero-order chi connectivity index (χ0) is 12.0. The number of anilines is 1. The van der Waals surface area contributed by atoms with E-state index in [1.807, 2.05) is 0 Å². The number of hydrogen-bond acceptors (Lipinski definition) is 3. The Bertz CT molecular complexity index is 607. The monoisotopic (exact) mass is 234 g/mol. The van der Waals surface area contributed by atoms with Crippen molar-refractivity contribution in [2.75, 3.05) is 12.3 Å². The van der Waals surface area contributed by atoms with Gasteiger partial charge in [-0.05, 0) is 12.1 Å². The number of nitrogen functional groups attached to an aromatic ring is 1. The summed E-state index contributed by atoms with van der Waals surface area (Å²) in [6, 6.07) is 4.30. The summed E-state index contributed by atoms with van der Waals surface area (Å²) < 4.78 is 14.8. The number of carbonyl (C=O) groups is 1. The van der Waals surface area contributed by atoms with E-state index in [1.54, 1.807) is 10.6 Å². The lowest BCUT2D eigenvalue weighted by Gasteiger charge is -2.12. The quantitative estimate of drug-likeness (QED) is 0.767. The fourth-order valence-electron chi connectivity index (χ4n) is 2.25. The molecule has 1 aliphatic rings. The fraction of sp³-hybridized carbons (Fsp3) is 0.273. The molecule has 1 saturated heterocycles. The van der Waals surface area contributed by atoms with E-state index >= 15 is 0 Å². The Kier molecular flexibility index (Phi) is 2.04. The molecule has 2 aromatic rings. The molecule has 5 nitrogen and oxygen atoms in total. The SMILES string of the molecule is Nc1nc2cc(F)ccc2n1C1CNC(=O)C1. The number of nitrogens with one attached hydrogen (secondary N) is 1. The summed E-state index contributed by atoms with van der Waals surface area (Å²) in [7, 11) is 0. The molecule has 1 amide bonds. The minimum absolute atomic E-state index is 0.00152. The summed E-state index contributed by atoms with van der Waals surface area (Å²) in [5.41, 5.74) is 7.09. The van der Waals surface area contributed by atoms with Gasteiger partial charge in [0.1, 0.15) is 5.82 Å². The van der Waals surface area contributed by atoms with Crippen molar-refractivity contribution in [3.05, 3.63) is 24.0 Å². The van der Waals surface area contributed by atoms with Crippen molar-refractivity contribution in [2.24, 2.45) is 0 Å². The van der Waals surface area contributed by atoms with Crippen LogP contribution in [0.15, 0.2) is 18.2 Å². The van der Waals surface area contributed by atoms with Gasteiger partial charge < -0.3 is 15.6 Å². The normalized spacial score (nSPS) is 19.8. The Balaban J connectivity index is 2.15. The summed E-state index contributed by atoms with van der Waals surface area (Å²) in [5, 5.41) is 2.74. The van der Waals surface area contributed by atoms with E-state index in [-0.39, 0.29) is 17.8 Å². The van der Waals surface area contributed by atoms with E-state index < -0.39 is 0 Å². The van der Waals surface area contributed by atoms with E-state index in [0.717, 1.165) is 5.52 Å². The molecule has 3 N–H and O–H groups in total. The first-order chi connectivity index (χ1) is 8.15.